The summed E-state index contributed by atoms with van der Waals surface area (Å²) >= 11 is 0. The molecule has 1 aromatic carbocycles. The summed E-state index contributed by atoms with van der Waals surface area (Å²) < 4.78 is 26.3. The Morgan fingerprint density at radius 2 is 1.88 bits per heavy atom. The summed E-state index contributed by atoms with van der Waals surface area (Å²) in [6.45, 7) is 1.67. The summed E-state index contributed by atoms with van der Waals surface area (Å²) in [6.07, 6.45) is 4.21. The van der Waals surface area contributed by atoms with E-state index in [1.54, 1.807) is 6.92 Å². The first kappa shape index (κ1) is 16.3. The maximum absolute atomic E-state index is 13.3. The first-order valence-electron chi connectivity index (χ1n) is 7.90. The van der Waals surface area contributed by atoms with E-state index in [0.717, 1.165) is 37.8 Å². The fourth-order valence-corrected chi connectivity index (χ4v) is 2.80. The van der Waals surface area contributed by atoms with E-state index in [1.807, 2.05) is 0 Å². The van der Waals surface area contributed by atoms with E-state index in [4.69, 9.17) is 0 Å². The molecule has 1 aliphatic rings. The SMILES string of the molecule is Cc1nc(Nc2ccc(F)c(F)c2)cc(C(=O)NC2CCCC2)n1. The molecule has 0 radical (unpaired) electrons. The second-order valence-corrected chi connectivity index (χ2v) is 5.89. The number of nitrogens with one attached hydrogen (secondary N) is 2. The molecule has 0 atom stereocenters. The second-order valence-electron chi connectivity index (χ2n) is 5.89. The second kappa shape index (κ2) is 6.90. The van der Waals surface area contributed by atoms with Crippen LogP contribution in [0.5, 0.6) is 0 Å². The maximum atomic E-state index is 13.3. The standard InChI is InChI=1S/C17H18F2N4O/c1-10-20-15(17(24)23-11-4-2-3-5-11)9-16(21-10)22-12-6-7-13(18)14(19)8-12/h6-9,11H,2-5H2,1H3,(H,23,24)(H,20,21,22). The van der Waals surface area contributed by atoms with Crippen molar-refractivity contribution in [2.75, 3.05) is 5.32 Å². The summed E-state index contributed by atoms with van der Waals surface area (Å²) in [5.74, 6) is -1.36. The van der Waals surface area contributed by atoms with Crippen molar-refractivity contribution in [3.63, 3.8) is 0 Å². The third kappa shape index (κ3) is 3.84. The molecular weight excluding hydrogens is 314 g/mol. The van der Waals surface area contributed by atoms with Gasteiger partial charge in [-0.1, -0.05) is 12.8 Å². The first-order chi connectivity index (χ1) is 11.5. The molecule has 1 aromatic heterocycles. The molecule has 2 N–H and O–H groups in total. The van der Waals surface area contributed by atoms with Crippen LogP contribution in [0, 0.1) is 18.6 Å². The largest absolute Gasteiger partial charge is 0.348 e. The minimum Gasteiger partial charge on any atom is -0.348 e. The number of nitrogens with zero attached hydrogens (tertiary/aromatic N) is 2. The van der Waals surface area contributed by atoms with Gasteiger partial charge in [0.15, 0.2) is 11.6 Å². The number of rotatable bonds is 4. The van der Waals surface area contributed by atoms with E-state index in [2.05, 4.69) is 20.6 Å². The average Bonchev–Trinajstić information content (AvgIpc) is 3.03. The van der Waals surface area contributed by atoms with Gasteiger partial charge in [0.05, 0.1) is 0 Å². The van der Waals surface area contributed by atoms with Crippen LogP contribution >= 0.6 is 0 Å². The lowest BCUT2D eigenvalue weighted by Crippen LogP contribution is -2.33. The quantitative estimate of drug-likeness (QED) is 0.899. The highest BCUT2D eigenvalue weighted by molar-refractivity contribution is 5.93. The summed E-state index contributed by atoms with van der Waals surface area (Å²) in [5, 5.41) is 5.83. The Hall–Kier alpha value is -2.57. The van der Waals surface area contributed by atoms with E-state index >= 15 is 0 Å². The van der Waals surface area contributed by atoms with Gasteiger partial charge in [-0.15, -0.1) is 0 Å². The van der Waals surface area contributed by atoms with Crippen LogP contribution < -0.4 is 10.6 Å². The van der Waals surface area contributed by atoms with Crippen LogP contribution in [0.25, 0.3) is 0 Å². The number of benzene rings is 1. The van der Waals surface area contributed by atoms with Crippen molar-refractivity contribution in [2.24, 2.45) is 0 Å². The zero-order valence-electron chi connectivity index (χ0n) is 13.3. The van der Waals surface area contributed by atoms with Crippen molar-refractivity contribution >= 4 is 17.4 Å². The third-order valence-corrected chi connectivity index (χ3v) is 3.95. The first-order valence-corrected chi connectivity index (χ1v) is 7.90. The van der Waals surface area contributed by atoms with Gasteiger partial charge in [-0.3, -0.25) is 4.79 Å². The van der Waals surface area contributed by atoms with Crippen LogP contribution in [0.4, 0.5) is 20.3 Å². The van der Waals surface area contributed by atoms with Crippen LogP contribution in [-0.4, -0.2) is 21.9 Å². The number of carbonyl (C=O) groups is 1. The van der Waals surface area contributed by atoms with Crippen LogP contribution in [0.3, 0.4) is 0 Å². The van der Waals surface area contributed by atoms with Gasteiger partial charge < -0.3 is 10.6 Å². The third-order valence-electron chi connectivity index (χ3n) is 3.95. The van der Waals surface area contributed by atoms with Gasteiger partial charge in [-0.2, -0.15) is 0 Å². The molecule has 0 aliphatic heterocycles. The Morgan fingerprint density at radius 1 is 1.12 bits per heavy atom. The van der Waals surface area contributed by atoms with Crippen molar-refractivity contribution in [2.45, 2.75) is 38.6 Å². The van der Waals surface area contributed by atoms with Crippen LogP contribution in [0.2, 0.25) is 0 Å². The number of hydrogen-bond acceptors (Lipinski definition) is 4. The molecule has 1 heterocycles. The van der Waals surface area contributed by atoms with Gasteiger partial charge in [0.2, 0.25) is 0 Å². The zero-order chi connectivity index (χ0) is 17.1. The molecular formula is C17H18F2N4O. The minimum atomic E-state index is -0.954. The predicted molar refractivity (Wildman–Crippen MR) is 86.1 cm³/mol. The molecule has 5 nitrogen and oxygen atoms in total. The van der Waals surface area contributed by atoms with Crippen LogP contribution in [0.15, 0.2) is 24.3 Å². The van der Waals surface area contributed by atoms with E-state index in [1.165, 1.54) is 12.1 Å². The molecule has 3 rings (SSSR count). The molecule has 126 valence electrons. The fourth-order valence-electron chi connectivity index (χ4n) is 2.80. The summed E-state index contributed by atoms with van der Waals surface area (Å²) in [6, 6.07) is 5.15. The van der Waals surface area contributed by atoms with Gasteiger partial charge in [-0.05, 0) is 31.9 Å². The van der Waals surface area contributed by atoms with E-state index in [-0.39, 0.29) is 17.6 Å². The molecule has 1 fully saturated rings. The Bertz CT molecular complexity index is 760. The molecule has 0 unspecified atom stereocenters. The average molecular weight is 332 g/mol. The number of aromatic nitrogens is 2. The molecule has 0 bridgehead atoms. The van der Waals surface area contributed by atoms with Crippen molar-refractivity contribution < 1.29 is 13.6 Å². The molecule has 7 heteroatoms. The molecule has 1 saturated carbocycles. The van der Waals surface area contributed by atoms with Crippen molar-refractivity contribution in [1.29, 1.82) is 0 Å². The van der Waals surface area contributed by atoms with Gasteiger partial charge >= 0.3 is 0 Å². The highest BCUT2D eigenvalue weighted by atomic mass is 19.2. The normalized spacial score (nSPS) is 14.6. The lowest BCUT2D eigenvalue weighted by molar-refractivity contribution is 0.0932. The maximum Gasteiger partial charge on any atom is 0.270 e. The number of amides is 1. The van der Waals surface area contributed by atoms with E-state index < -0.39 is 11.6 Å². The van der Waals surface area contributed by atoms with E-state index in [9.17, 15) is 13.6 Å². The van der Waals surface area contributed by atoms with Gasteiger partial charge in [-0.25, -0.2) is 18.7 Å². The summed E-state index contributed by atoms with van der Waals surface area (Å²) in [7, 11) is 0. The zero-order valence-corrected chi connectivity index (χ0v) is 13.3. The Morgan fingerprint density at radius 3 is 2.58 bits per heavy atom. The lowest BCUT2D eigenvalue weighted by atomic mass is 10.2. The van der Waals surface area contributed by atoms with Crippen molar-refractivity contribution in [3.8, 4) is 0 Å². The highest BCUT2D eigenvalue weighted by Crippen LogP contribution is 2.20. The number of carbonyl (C=O) groups excluding carboxylic acids is 1. The molecule has 0 spiro atoms. The van der Waals surface area contributed by atoms with Gasteiger partial charge in [0.25, 0.3) is 5.91 Å². The van der Waals surface area contributed by atoms with Crippen LogP contribution in [0.1, 0.15) is 42.0 Å². The van der Waals surface area contributed by atoms with E-state index in [0.29, 0.717) is 17.3 Å². The molecule has 1 amide bonds. The highest BCUT2D eigenvalue weighted by Gasteiger charge is 2.19. The van der Waals surface area contributed by atoms with Gasteiger partial charge in [0, 0.05) is 23.9 Å². The fraction of sp³-hybridized carbons (Fsp3) is 0.353. The number of hydrogen-bond donors (Lipinski definition) is 2. The predicted octanol–water partition coefficient (Wildman–Crippen LogP) is 3.48. The lowest BCUT2D eigenvalue weighted by Gasteiger charge is -2.13. The molecule has 2 aromatic rings. The Kier molecular flexibility index (Phi) is 4.69. The Labute approximate surface area is 138 Å². The Balaban J connectivity index is 1.77. The van der Waals surface area contributed by atoms with Gasteiger partial charge in [0.1, 0.15) is 17.3 Å². The van der Waals surface area contributed by atoms with Crippen LogP contribution in [-0.2, 0) is 0 Å². The van der Waals surface area contributed by atoms with Crippen molar-refractivity contribution in [3.05, 3.63) is 47.4 Å². The monoisotopic (exact) mass is 332 g/mol. The number of anilines is 2. The summed E-state index contributed by atoms with van der Waals surface area (Å²) in [5.41, 5.74) is 0.591. The number of halogens is 2. The topological polar surface area (TPSA) is 66.9 Å². The smallest absolute Gasteiger partial charge is 0.270 e. The number of aryl methyl sites for hydroxylation is 1. The molecule has 1 aliphatic carbocycles. The minimum absolute atomic E-state index is 0.190. The van der Waals surface area contributed by atoms with Crippen molar-refractivity contribution in [1.82, 2.24) is 15.3 Å². The molecule has 24 heavy (non-hydrogen) atoms. The summed E-state index contributed by atoms with van der Waals surface area (Å²) in [4.78, 5) is 20.6. The molecule has 0 saturated heterocycles.